The molecule has 2 aromatic rings. The normalized spacial score (nSPS) is 9.96. The zero-order valence-electron chi connectivity index (χ0n) is 14.0. The average molecular weight is 358 g/mol. The van der Waals surface area contributed by atoms with E-state index in [4.69, 9.17) is 5.26 Å². The van der Waals surface area contributed by atoms with Crippen LogP contribution in [0.15, 0.2) is 29.6 Å². The van der Waals surface area contributed by atoms with Gasteiger partial charge in [-0.25, -0.2) is 14.6 Å². The summed E-state index contributed by atoms with van der Waals surface area (Å²) in [7, 11) is 1.30. The number of urea groups is 1. The maximum absolute atomic E-state index is 12.5. The van der Waals surface area contributed by atoms with Crippen LogP contribution >= 0.6 is 11.3 Å². The predicted molar refractivity (Wildman–Crippen MR) is 94.3 cm³/mol. The van der Waals surface area contributed by atoms with Crippen LogP contribution in [0.25, 0.3) is 0 Å². The molecule has 1 heterocycles. The van der Waals surface area contributed by atoms with Gasteiger partial charge >= 0.3 is 12.0 Å². The summed E-state index contributed by atoms with van der Waals surface area (Å²) in [5.74, 6) is -0.498. The zero-order chi connectivity index (χ0) is 18.2. The van der Waals surface area contributed by atoms with Gasteiger partial charge in [0, 0.05) is 17.6 Å². The first-order valence-corrected chi connectivity index (χ1v) is 8.54. The Morgan fingerprint density at radius 1 is 1.44 bits per heavy atom. The van der Waals surface area contributed by atoms with E-state index in [1.165, 1.54) is 18.4 Å². The number of methoxy groups -OCH3 is 1. The van der Waals surface area contributed by atoms with E-state index in [-0.39, 0.29) is 11.7 Å². The maximum atomic E-state index is 12.5. The summed E-state index contributed by atoms with van der Waals surface area (Å²) in [6, 6.07) is 8.47. The highest BCUT2D eigenvalue weighted by atomic mass is 32.1. The number of hydrogen-bond donors (Lipinski definition) is 1. The minimum absolute atomic E-state index is 0.237. The number of rotatable bonds is 6. The number of ether oxygens (including phenoxy) is 1. The smallest absolute Gasteiger partial charge is 0.357 e. The highest BCUT2D eigenvalue weighted by Gasteiger charge is 2.17. The van der Waals surface area contributed by atoms with Gasteiger partial charge in [-0.15, -0.1) is 11.3 Å². The third-order valence-corrected chi connectivity index (χ3v) is 4.13. The lowest BCUT2D eigenvalue weighted by Gasteiger charge is -2.21. The van der Waals surface area contributed by atoms with Crippen molar-refractivity contribution in [3.05, 3.63) is 45.9 Å². The van der Waals surface area contributed by atoms with Crippen LogP contribution in [0.1, 0.15) is 34.4 Å². The Balaban J connectivity index is 2.08. The molecule has 25 heavy (non-hydrogen) atoms. The molecule has 8 heteroatoms. The van der Waals surface area contributed by atoms with Crippen LogP contribution < -0.4 is 5.32 Å². The first kappa shape index (κ1) is 18.4. The van der Waals surface area contributed by atoms with Gasteiger partial charge in [-0.05, 0) is 24.6 Å². The number of amides is 2. The van der Waals surface area contributed by atoms with Crippen molar-refractivity contribution in [3.63, 3.8) is 0 Å². The van der Waals surface area contributed by atoms with Crippen LogP contribution in [-0.4, -0.2) is 35.5 Å². The molecule has 0 atom stereocenters. The lowest BCUT2D eigenvalue weighted by Crippen LogP contribution is -2.35. The molecule has 0 saturated carbocycles. The number of hydrogen-bond acceptors (Lipinski definition) is 6. The van der Waals surface area contributed by atoms with E-state index in [1.807, 2.05) is 13.0 Å². The first-order valence-electron chi connectivity index (χ1n) is 7.66. The highest BCUT2D eigenvalue weighted by Crippen LogP contribution is 2.16. The summed E-state index contributed by atoms with van der Waals surface area (Å²) in [6.45, 7) is 2.80. The Morgan fingerprint density at radius 3 is 2.92 bits per heavy atom. The van der Waals surface area contributed by atoms with E-state index in [0.29, 0.717) is 29.3 Å². The van der Waals surface area contributed by atoms with E-state index in [0.717, 1.165) is 6.42 Å². The number of aromatic nitrogens is 1. The fourth-order valence-corrected chi connectivity index (χ4v) is 2.91. The van der Waals surface area contributed by atoms with Gasteiger partial charge in [0.2, 0.25) is 0 Å². The van der Waals surface area contributed by atoms with Crippen LogP contribution in [0.3, 0.4) is 0 Å². The summed E-state index contributed by atoms with van der Waals surface area (Å²) in [5.41, 5.74) is 1.27. The highest BCUT2D eigenvalue weighted by molar-refractivity contribution is 7.09. The summed E-state index contributed by atoms with van der Waals surface area (Å²) in [6.07, 6.45) is 0.779. The molecule has 1 aromatic heterocycles. The predicted octanol–water partition coefficient (Wildman–Crippen LogP) is 3.25. The minimum atomic E-state index is -0.498. The summed E-state index contributed by atoms with van der Waals surface area (Å²) < 4.78 is 4.64. The Morgan fingerprint density at radius 2 is 2.24 bits per heavy atom. The standard InChI is InChI=1S/C17H18N4O3S/c1-3-7-21(10-15-20-14(11-25-15)16(22)24-2)17(23)19-13-6-4-5-12(8-13)9-18/h4-6,8,11H,3,7,10H2,1-2H3,(H,19,23). The molecule has 130 valence electrons. The lowest BCUT2D eigenvalue weighted by molar-refractivity contribution is 0.0594. The SMILES string of the molecule is CCCN(Cc1nc(C(=O)OC)cs1)C(=O)Nc1cccc(C#N)c1. The molecule has 0 aliphatic rings. The molecule has 7 nitrogen and oxygen atoms in total. The summed E-state index contributed by atoms with van der Waals surface area (Å²) >= 11 is 1.30. The number of nitrogens with one attached hydrogen (secondary N) is 1. The lowest BCUT2D eigenvalue weighted by atomic mass is 10.2. The number of nitriles is 1. The first-order chi connectivity index (χ1) is 12.1. The van der Waals surface area contributed by atoms with Gasteiger partial charge in [0.25, 0.3) is 0 Å². The number of benzene rings is 1. The van der Waals surface area contributed by atoms with Gasteiger partial charge < -0.3 is 15.0 Å². The molecular weight excluding hydrogens is 340 g/mol. The van der Waals surface area contributed by atoms with Gasteiger partial charge in [0.15, 0.2) is 5.69 Å². The van der Waals surface area contributed by atoms with E-state index in [9.17, 15) is 9.59 Å². The fourth-order valence-electron chi connectivity index (χ4n) is 2.14. The van der Waals surface area contributed by atoms with Crippen LogP contribution in [-0.2, 0) is 11.3 Å². The molecule has 0 bridgehead atoms. The molecule has 1 aromatic carbocycles. The Labute approximate surface area is 149 Å². The van der Waals surface area contributed by atoms with E-state index < -0.39 is 5.97 Å². The second kappa shape index (κ2) is 8.80. The Bertz CT molecular complexity index is 797. The average Bonchev–Trinajstić information content (AvgIpc) is 3.09. The van der Waals surface area contributed by atoms with Gasteiger partial charge in [-0.2, -0.15) is 5.26 Å². The minimum Gasteiger partial charge on any atom is -0.464 e. The molecule has 0 aliphatic carbocycles. The molecule has 2 rings (SSSR count). The van der Waals surface area contributed by atoms with Gasteiger partial charge in [0.1, 0.15) is 5.01 Å². The van der Waals surface area contributed by atoms with Crippen molar-refractivity contribution in [2.45, 2.75) is 19.9 Å². The number of anilines is 1. The van der Waals surface area contributed by atoms with Crippen LogP contribution in [0.4, 0.5) is 10.5 Å². The molecule has 0 spiro atoms. The van der Waals surface area contributed by atoms with Crippen molar-refractivity contribution in [3.8, 4) is 6.07 Å². The summed E-state index contributed by atoms with van der Waals surface area (Å²) in [5, 5.41) is 14.0. The van der Waals surface area contributed by atoms with Crippen molar-refractivity contribution in [1.29, 1.82) is 5.26 Å². The third kappa shape index (κ3) is 5.02. The van der Waals surface area contributed by atoms with Crippen molar-refractivity contribution >= 4 is 29.0 Å². The topological polar surface area (TPSA) is 95.3 Å². The number of thiazole rings is 1. The van der Waals surface area contributed by atoms with E-state index >= 15 is 0 Å². The summed E-state index contributed by atoms with van der Waals surface area (Å²) in [4.78, 5) is 29.8. The van der Waals surface area contributed by atoms with Crippen molar-refractivity contribution in [1.82, 2.24) is 9.88 Å². The molecule has 0 aliphatic heterocycles. The van der Waals surface area contributed by atoms with Crippen LogP contribution in [0.2, 0.25) is 0 Å². The van der Waals surface area contributed by atoms with Crippen molar-refractivity contribution < 1.29 is 14.3 Å². The molecule has 1 N–H and O–H groups in total. The molecule has 0 saturated heterocycles. The number of esters is 1. The molecule has 0 unspecified atom stereocenters. The molecule has 0 radical (unpaired) electrons. The van der Waals surface area contributed by atoms with Crippen molar-refractivity contribution in [2.75, 3.05) is 19.0 Å². The molecular formula is C17H18N4O3S. The van der Waals surface area contributed by atoms with Gasteiger partial charge in [-0.3, -0.25) is 0 Å². The van der Waals surface area contributed by atoms with E-state index in [2.05, 4.69) is 15.0 Å². The van der Waals surface area contributed by atoms with Crippen LogP contribution in [0, 0.1) is 11.3 Å². The largest absolute Gasteiger partial charge is 0.464 e. The Hall–Kier alpha value is -2.92. The zero-order valence-corrected chi connectivity index (χ0v) is 14.8. The number of carbonyl (C=O) groups excluding carboxylic acids is 2. The quantitative estimate of drug-likeness (QED) is 0.800. The Kier molecular flexibility index (Phi) is 6.48. The van der Waals surface area contributed by atoms with Crippen LogP contribution in [0.5, 0.6) is 0 Å². The van der Waals surface area contributed by atoms with Gasteiger partial charge in [0.05, 0.1) is 25.3 Å². The maximum Gasteiger partial charge on any atom is 0.357 e. The second-order valence-electron chi connectivity index (χ2n) is 5.16. The number of carbonyl (C=O) groups is 2. The van der Waals surface area contributed by atoms with E-state index in [1.54, 1.807) is 34.5 Å². The monoisotopic (exact) mass is 358 g/mol. The molecule has 2 amide bonds. The number of nitrogens with zero attached hydrogens (tertiary/aromatic N) is 3. The third-order valence-electron chi connectivity index (χ3n) is 3.30. The van der Waals surface area contributed by atoms with Gasteiger partial charge in [-0.1, -0.05) is 13.0 Å². The second-order valence-corrected chi connectivity index (χ2v) is 6.11. The molecule has 0 fully saturated rings. The fraction of sp³-hybridized carbons (Fsp3) is 0.294. The van der Waals surface area contributed by atoms with Crippen molar-refractivity contribution in [2.24, 2.45) is 0 Å².